The molecular formula is C20H18Cl3NO3S. The van der Waals surface area contributed by atoms with E-state index in [0.29, 0.717) is 0 Å². The molecule has 0 spiro atoms. The lowest BCUT2D eigenvalue weighted by Gasteiger charge is -2.30. The summed E-state index contributed by atoms with van der Waals surface area (Å²) in [6, 6.07) is 12.8. The van der Waals surface area contributed by atoms with Gasteiger partial charge < -0.3 is 10.0 Å². The number of carbonyl (C=O) groups is 2. The summed E-state index contributed by atoms with van der Waals surface area (Å²) in [6.45, 7) is 0.105. The monoisotopic (exact) mass is 457 g/mol. The van der Waals surface area contributed by atoms with Gasteiger partial charge in [0.25, 0.3) is 0 Å². The van der Waals surface area contributed by atoms with E-state index in [0.717, 1.165) is 28.7 Å². The van der Waals surface area contributed by atoms with Gasteiger partial charge >= 0.3 is 5.97 Å². The fourth-order valence-corrected chi connectivity index (χ4v) is 4.21. The van der Waals surface area contributed by atoms with E-state index in [1.807, 2.05) is 30.3 Å². The van der Waals surface area contributed by atoms with Crippen molar-refractivity contribution in [2.45, 2.75) is 29.2 Å². The average molecular weight is 459 g/mol. The smallest absolute Gasteiger partial charge is 0.327 e. The van der Waals surface area contributed by atoms with Crippen molar-refractivity contribution in [1.82, 2.24) is 4.90 Å². The number of hydrogen-bond acceptors (Lipinski definition) is 3. The lowest BCUT2D eigenvalue weighted by molar-refractivity contribution is -0.149. The maximum absolute atomic E-state index is 12.8. The van der Waals surface area contributed by atoms with E-state index in [1.54, 1.807) is 0 Å². The van der Waals surface area contributed by atoms with Gasteiger partial charge in [-0.1, -0.05) is 77.3 Å². The molecule has 0 unspecified atom stereocenters. The van der Waals surface area contributed by atoms with E-state index in [-0.39, 0.29) is 12.3 Å². The molecule has 0 saturated carbocycles. The van der Waals surface area contributed by atoms with Gasteiger partial charge in [-0.3, -0.25) is 4.79 Å². The first-order valence-electron chi connectivity index (χ1n) is 8.60. The number of fused-ring (bicyclic) bond motifs is 3. The summed E-state index contributed by atoms with van der Waals surface area (Å²) in [5.74, 6) is -1.74. The Kier molecular flexibility index (Phi) is 6.50. The van der Waals surface area contributed by atoms with Gasteiger partial charge in [-0.05, 0) is 34.2 Å². The maximum Gasteiger partial charge on any atom is 0.327 e. The van der Waals surface area contributed by atoms with Crippen LogP contribution in [0.5, 0.6) is 0 Å². The average Bonchev–Trinajstić information content (AvgIpc) is 2.99. The number of carboxylic acids is 1. The third-order valence-electron chi connectivity index (χ3n) is 4.79. The Morgan fingerprint density at radius 1 is 1.11 bits per heavy atom. The van der Waals surface area contributed by atoms with Crippen LogP contribution in [-0.4, -0.2) is 37.5 Å². The molecule has 1 amide bonds. The summed E-state index contributed by atoms with van der Waals surface area (Å²) < 4.78 is -1.80. The van der Waals surface area contributed by atoms with E-state index in [2.05, 4.69) is 24.8 Å². The molecule has 0 heterocycles. The van der Waals surface area contributed by atoms with Crippen LogP contribution in [0, 0.1) is 0 Å². The standard InChI is InChI=1S/C20H18Cl3NO3S/c21-20(22,23)9-18(25)24(17(11-28)19(26)27)10-13-5-3-7-15-14-6-2-1-4-12(14)8-16(13)15/h1-7,17,28H,8-11H2,(H,26,27)/t17-/m1/s1. The van der Waals surface area contributed by atoms with Crippen molar-refractivity contribution in [3.05, 3.63) is 59.2 Å². The van der Waals surface area contributed by atoms with Crippen LogP contribution in [0.25, 0.3) is 11.1 Å². The molecule has 28 heavy (non-hydrogen) atoms. The summed E-state index contributed by atoms with van der Waals surface area (Å²) >= 11 is 21.4. The molecule has 0 fully saturated rings. The van der Waals surface area contributed by atoms with Crippen LogP contribution in [0.4, 0.5) is 0 Å². The second-order valence-corrected chi connectivity index (χ2v) is 9.51. The summed E-state index contributed by atoms with van der Waals surface area (Å²) in [7, 11) is 0. The van der Waals surface area contributed by atoms with Crippen LogP contribution in [0.2, 0.25) is 0 Å². The number of nitrogens with zero attached hydrogens (tertiary/aromatic N) is 1. The Balaban J connectivity index is 1.96. The number of hydrogen-bond donors (Lipinski definition) is 2. The summed E-state index contributed by atoms with van der Waals surface area (Å²) in [5.41, 5.74) is 5.41. The van der Waals surface area contributed by atoms with Crippen molar-refractivity contribution < 1.29 is 14.7 Å². The number of halogens is 3. The Labute approximate surface area is 183 Å². The number of alkyl halides is 3. The third-order valence-corrected chi connectivity index (χ3v) is 5.54. The van der Waals surface area contributed by atoms with E-state index >= 15 is 0 Å². The Bertz CT molecular complexity index is 914. The van der Waals surface area contributed by atoms with E-state index in [1.165, 1.54) is 10.5 Å². The number of amides is 1. The molecule has 148 valence electrons. The number of rotatable bonds is 6. The normalized spacial score (nSPS) is 13.6. The first-order valence-corrected chi connectivity index (χ1v) is 10.4. The SMILES string of the molecule is O=C(O)[C@@H](CS)N(Cc1cccc2c1Cc1ccccc1-2)C(=O)CC(Cl)(Cl)Cl. The molecule has 0 aromatic heterocycles. The first kappa shape index (κ1) is 21.3. The minimum Gasteiger partial charge on any atom is -0.480 e. The fraction of sp³-hybridized carbons (Fsp3) is 0.300. The zero-order valence-corrected chi connectivity index (χ0v) is 17.9. The predicted octanol–water partition coefficient (Wildman–Crippen LogP) is 4.73. The fourth-order valence-electron chi connectivity index (χ4n) is 3.51. The highest BCUT2D eigenvalue weighted by atomic mass is 35.6. The molecule has 2 aromatic carbocycles. The van der Waals surface area contributed by atoms with Gasteiger partial charge in [0, 0.05) is 12.3 Å². The van der Waals surface area contributed by atoms with Gasteiger partial charge in [-0.15, -0.1) is 0 Å². The molecule has 3 rings (SSSR count). The summed E-state index contributed by atoms with van der Waals surface area (Å²) in [6.07, 6.45) is 0.317. The predicted molar refractivity (Wildman–Crippen MR) is 115 cm³/mol. The minimum absolute atomic E-state index is 0.0455. The molecule has 0 bridgehead atoms. The second kappa shape index (κ2) is 8.54. The van der Waals surface area contributed by atoms with Crippen molar-refractivity contribution in [2.24, 2.45) is 0 Å². The highest BCUT2D eigenvalue weighted by molar-refractivity contribution is 7.80. The van der Waals surface area contributed by atoms with E-state index in [4.69, 9.17) is 34.8 Å². The molecule has 0 saturated heterocycles. The lowest BCUT2D eigenvalue weighted by atomic mass is 10.0. The van der Waals surface area contributed by atoms with E-state index in [9.17, 15) is 14.7 Å². The topological polar surface area (TPSA) is 57.6 Å². The molecule has 4 nitrogen and oxygen atoms in total. The molecule has 1 atom stereocenters. The van der Waals surface area contributed by atoms with Crippen LogP contribution in [0.15, 0.2) is 42.5 Å². The van der Waals surface area contributed by atoms with Crippen molar-refractivity contribution in [1.29, 1.82) is 0 Å². The Morgan fingerprint density at radius 2 is 1.79 bits per heavy atom. The second-order valence-electron chi connectivity index (χ2n) is 6.63. The quantitative estimate of drug-likeness (QED) is 0.415. The van der Waals surface area contributed by atoms with Crippen molar-refractivity contribution in [2.75, 3.05) is 5.75 Å². The molecule has 0 radical (unpaired) electrons. The molecular weight excluding hydrogens is 441 g/mol. The maximum atomic E-state index is 12.8. The Hall–Kier alpha value is -1.40. The molecule has 2 aromatic rings. The van der Waals surface area contributed by atoms with Gasteiger partial charge in [-0.25, -0.2) is 4.79 Å². The van der Waals surface area contributed by atoms with Crippen LogP contribution < -0.4 is 0 Å². The van der Waals surface area contributed by atoms with Crippen LogP contribution >= 0.6 is 47.4 Å². The zero-order valence-electron chi connectivity index (χ0n) is 14.7. The van der Waals surface area contributed by atoms with E-state index < -0.39 is 28.1 Å². The largest absolute Gasteiger partial charge is 0.480 e. The van der Waals surface area contributed by atoms with Gasteiger partial charge in [-0.2, -0.15) is 12.6 Å². The highest BCUT2D eigenvalue weighted by Crippen LogP contribution is 2.39. The van der Waals surface area contributed by atoms with Crippen molar-refractivity contribution in [3.8, 4) is 11.1 Å². The minimum atomic E-state index is -1.80. The van der Waals surface area contributed by atoms with Crippen LogP contribution in [0.1, 0.15) is 23.1 Å². The highest BCUT2D eigenvalue weighted by Gasteiger charge is 2.34. The number of benzene rings is 2. The zero-order chi connectivity index (χ0) is 20.5. The van der Waals surface area contributed by atoms with Gasteiger partial charge in [0.05, 0.1) is 6.42 Å². The molecule has 1 aliphatic carbocycles. The number of carboxylic acid groups (broad SMARTS) is 1. The first-order chi connectivity index (χ1) is 13.2. The van der Waals surface area contributed by atoms with Crippen LogP contribution in [-0.2, 0) is 22.6 Å². The van der Waals surface area contributed by atoms with Gasteiger partial charge in [0.1, 0.15) is 6.04 Å². The molecule has 1 N–H and O–H groups in total. The summed E-state index contributed by atoms with van der Waals surface area (Å²) in [4.78, 5) is 25.7. The van der Waals surface area contributed by atoms with Crippen molar-refractivity contribution >= 4 is 59.3 Å². The molecule has 8 heteroatoms. The lowest BCUT2D eigenvalue weighted by Crippen LogP contribution is -2.46. The number of carbonyl (C=O) groups excluding carboxylic acids is 1. The third kappa shape index (κ3) is 4.60. The van der Waals surface area contributed by atoms with Gasteiger partial charge in [0.15, 0.2) is 3.79 Å². The molecule has 0 aliphatic heterocycles. The Morgan fingerprint density at radius 3 is 2.43 bits per heavy atom. The molecule has 1 aliphatic rings. The van der Waals surface area contributed by atoms with Crippen molar-refractivity contribution in [3.63, 3.8) is 0 Å². The van der Waals surface area contributed by atoms with Gasteiger partial charge in [0.2, 0.25) is 5.91 Å². The number of thiol groups is 1. The summed E-state index contributed by atoms with van der Waals surface area (Å²) in [5, 5.41) is 9.56. The number of aliphatic carboxylic acids is 1. The van der Waals surface area contributed by atoms with Crippen LogP contribution in [0.3, 0.4) is 0 Å².